The Balaban J connectivity index is 1.37. The molecular formula is C23H23Br2NO8. The van der Waals surface area contributed by atoms with Crippen molar-refractivity contribution in [3.8, 4) is 23.3 Å². The first-order valence-corrected chi connectivity index (χ1v) is 12.4. The van der Waals surface area contributed by atoms with Crippen molar-refractivity contribution in [3.63, 3.8) is 0 Å². The van der Waals surface area contributed by atoms with Gasteiger partial charge in [0.25, 0.3) is 0 Å². The molecule has 2 heterocycles. The molecule has 0 spiro atoms. The number of fused-ring (bicyclic) bond motifs is 2. The molecule has 2 aliphatic carbocycles. The Hall–Kier alpha value is -1.81. The molecule has 2 fully saturated rings. The van der Waals surface area contributed by atoms with E-state index in [0.717, 1.165) is 24.4 Å². The Morgan fingerprint density at radius 3 is 2.56 bits per heavy atom. The van der Waals surface area contributed by atoms with E-state index in [-0.39, 0.29) is 0 Å². The zero-order valence-electron chi connectivity index (χ0n) is 18.0. The molecule has 1 aromatic carbocycles. The van der Waals surface area contributed by atoms with Gasteiger partial charge in [0.2, 0.25) is 6.29 Å². The van der Waals surface area contributed by atoms with Gasteiger partial charge in [0.1, 0.15) is 29.8 Å². The van der Waals surface area contributed by atoms with Gasteiger partial charge in [0, 0.05) is 25.0 Å². The van der Waals surface area contributed by atoms with Crippen LogP contribution in [0.5, 0.6) is 11.5 Å². The summed E-state index contributed by atoms with van der Waals surface area (Å²) in [5.41, 5.74) is 0.713. The first-order valence-electron chi connectivity index (χ1n) is 10.8. The lowest BCUT2D eigenvalue weighted by molar-refractivity contribution is -0.271. The van der Waals surface area contributed by atoms with Crippen LogP contribution in [0.2, 0.25) is 0 Å². The SMILES string of the molecule is COC(=O)[C@H]1O[C@@H](Oc2c[nH]c3cc(Br)c(OCC4[C@H]5CC#CC[C@@H]45)c(Br)c23)[C@H](O)[C@@H](O)[C@@H]1O. The molecule has 1 saturated carbocycles. The van der Waals surface area contributed by atoms with Crippen LogP contribution in [0.4, 0.5) is 0 Å². The second-order valence-corrected chi connectivity index (χ2v) is 10.3. The third kappa shape index (κ3) is 4.10. The van der Waals surface area contributed by atoms with Crippen LogP contribution in [-0.2, 0) is 14.3 Å². The smallest absolute Gasteiger partial charge is 0.337 e. The van der Waals surface area contributed by atoms with Crippen LogP contribution >= 0.6 is 31.9 Å². The molecular weight excluding hydrogens is 578 g/mol. The maximum atomic E-state index is 12.0. The van der Waals surface area contributed by atoms with E-state index < -0.39 is 36.7 Å². The van der Waals surface area contributed by atoms with E-state index in [0.29, 0.717) is 51.2 Å². The number of esters is 1. The number of nitrogens with one attached hydrogen (secondary N) is 1. The van der Waals surface area contributed by atoms with Crippen molar-refractivity contribution in [2.75, 3.05) is 13.7 Å². The molecule has 0 amide bonds. The fourth-order valence-electron chi connectivity index (χ4n) is 4.71. The summed E-state index contributed by atoms with van der Waals surface area (Å²) in [4.78, 5) is 15.0. The van der Waals surface area contributed by atoms with E-state index in [9.17, 15) is 20.1 Å². The maximum absolute atomic E-state index is 12.0. The number of rotatable bonds is 6. The molecule has 9 nitrogen and oxygen atoms in total. The van der Waals surface area contributed by atoms with Crippen molar-refractivity contribution in [2.24, 2.45) is 17.8 Å². The number of hydrogen-bond donors (Lipinski definition) is 4. The van der Waals surface area contributed by atoms with Gasteiger partial charge >= 0.3 is 5.97 Å². The molecule has 1 unspecified atom stereocenters. The quantitative estimate of drug-likeness (QED) is 0.293. The topological polar surface area (TPSA) is 130 Å². The summed E-state index contributed by atoms with van der Waals surface area (Å²) in [6.45, 7) is 0.567. The molecule has 0 bridgehead atoms. The first kappa shape index (κ1) is 23.9. The Morgan fingerprint density at radius 2 is 1.88 bits per heavy atom. The van der Waals surface area contributed by atoms with Crippen molar-refractivity contribution in [3.05, 3.63) is 21.2 Å². The zero-order valence-corrected chi connectivity index (χ0v) is 21.2. The van der Waals surface area contributed by atoms with E-state index in [1.807, 2.05) is 6.07 Å². The lowest BCUT2D eigenvalue weighted by atomic mass is 9.99. The molecule has 0 radical (unpaired) electrons. The second kappa shape index (κ2) is 9.33. The van der Waals surface area contributed by atoms with E-state index in [2.05, 4.69) is 53.4 Å². The molecule has 5 rings (SSSR count). The molecule has 1 aliphatic heterocycles. The lowest BCUT2D eigenvalue weighted by Gasteiger charge is -2.38. The average molecular weight is 601 g/mol. The molecule has 3 aliphatic rings. The maximum Gasteiger partial charge on any atom is 0.337 e. The average Bonchev–Trinajstić information content (AvgIpc) is 3.39. The molecule has 4 N–H and O–H groups in total. The van der Waals surface area contributed by atoms with Crippen molar-refractivity contribution in [1.82, 2.24) is 4.98 Å². The van der Waals surface area contributed by atoms with Gasteiger partial charge in [0.05, 0.1) is 33.6 Å². The highest BCUT2D eigenvalue weighted by molar-refractivity contribution is 9.11. The number of H-pyrrole nitrogens is 1. The van der Waals surface area contributed by atoms with Gasteiger partial charge in [0.15, 0.2) is 6.10 Å². The minimum atomic E-state index is -1.67. The highest BCUT2D eigenvalue weighted by atomic mass is 79.9. The van der Waals surface area contributed by atoms with E-state index >= 15 is 0 Å². The molecule has 182 valence electrons. The number of halogens is 2. The van der Waals surface area contributed by atoms with Gasteiger partial charge < -0.3 is 39.3 Å². The lowest BCUT2D eigenvalue weighted by Crippen LogP contribution is -2.61. The van der Waals surface area contributed by atoms with Gasteiger partial charge in [-0.1, -0.05) is 0 Å². The third-order valence-electron chi connectivity index (χ3n) is 6.76. The summed E-state index contributed by atoms with van der Waals surface area (Å²) in [5.74, 6) is 8.03. The summed E-state index contributed by atoms with van der Waals surface area (Å²) in [6, 6.07) is 1.85. The molecule has 1 aromatic heterocycles. The molecule has 2 aromatic rings. The first-order chi connectivity index (χ1) is 16.3. The monoisotopic (exact) mass is 599 g/mol. The standard InChI is InChI=1S/C23H23Br2NO8/c1-31-22(30)21-18(28)17(27)19(29)23(34-21)33-14-7-26-13-6-12(24)20(16(25)15(13)14)32-8-11-9-4-2-3-5-10(9)11/h6-7,9-11,17-19,21,23,26-29H,4-5,8H2,1H3/t9-,10+,11?,17-,18-,19+,21-,23+/m0/s1. The van der Waals surface area contributed by atoms with Crippen molar-refractivity contribution < 1.29 is 39.1 Å². The van der Waals surface area contributed by atoms with Crippen LogP contribution in [0.3, 0.4) is 0 Å². The number of aromatic nitrogens is 1. The predicted molar refractivity (Wildman–Crippen MR) is 126 cm³/mol. The van der Waals surface area contributed by atoms with E-state index in [1.54, 1.807) is 6.20 Å². The Morgan fingerprint density at radius 1 is 1.18 bits per heavy atom. The van der Waals surface area contributed by atoms with Crippen LogP contribution < -0.4 is 9.47 Å². The number of carbonyl (C=O) groups excluding carboxylic acids is 1. The van der Waals surface area contributed by atoms with E-state index in [4.69, 9.17) is 14.2 Å². The fraction of sp³-hybridized carbons (Fsp3) is 0.522. The highest BCUT2D eigenvalue weighted by Crippen LogP contribution is 2.53. The number of aliphatic hydroxyl groups excluding tert-OH is 3. The van der Waals surface area contributed by atoms with Crippen molar-refractivity contribution in [1.29, 1.82) is 0 Å². The molecule has 8 atom stereocenters. The van der Waals surface area contributed by atoms with Crippen LogP contribution in [0.15, 0.2) is 21.2 Å². The van der Waals surface area contributed by atoms with Gasteiger partial charge in [-0.2, -0.15) is 0 Å². The van der Waals surface area contributed by atoms with Crippen LogP contribution in [0, 0.1) is 29.6 Å². The molecule has 11 heteroatoms. The Bertz CT molecular complexity index is 1160. The van der Waals surface area contributed by atoms with Crippen molar-refractivity contribution in [2.45, 2.75) is 43.5 Å². The van der Waals surface area contributed by atoms with Gasteiger partial charge in [-0.3, -0.25) is 0 Å². The number of ether oxygens (including phenoxy) is 4. The highest BCUT2D eigenvalue weighted by Gasteiger charge is 2.50. The minimum absolute atomic E-state index is 0.295. The summed E-state index contributed by atoms with van der Waals surface area (Å²) < 4.78 is 23.5. The summed E-state index contributed by atoms with van der Waals surface area (Å²) in [6.07, 6.45) is -4.47. The second-order valence-electron chi connectivity index (χ2n) is 8.68. The largest absolute Gasteiger partial charge is 0.491 e. The number of aliphatic hydroxyl groups is 3. The number of carbonyl (C=O) groups is 1. The van der Waals surface area contributed by atoms with Gasteiger partial charge in [-0.05, 0) is 49.8 Å². The number of hydrogen-bond acceptors (Lipinski definition) is 8. The number of aromatic amines is 1. The molecule has 1 saturated heterocycles. The Kier molecular flexibility index (Phi) is 6.56. The summed E-state index contributed by atoms with van der Waals surface area (Å²) in [7, 11) is 1.13. The van der Waals surface area contributed by atoms with Gasteiger partial charge in [-0.15, -0.1) is 11.8 Å². The van der Waals surface area contributed by atoms with Crippen LogP contribution in [-0.4, -0.2) is 70.7 Å². The minimum Gasteiger partial charge on any atom is -0.491 e. The summed E-state index contributed by atoms with van der Waals surface area (Å²) >= 11 is 7.17. The zero-order chi connectivity index (χ0) is 24.1. The molecule has 34 heavy (non-hydrogen) atoms. The Labute approximate surface area is 212 Å². The number of benzene rings is 1. The normalized spacial score (nSPS) is 34.1. The third-order valence-corrected chi connectivity index (χ3v) is 8.10. The van der Waals surface area contributed by atoms with Crippen LogP contribution in [0.1, 0.15) is 12.8 Å². The predicted octanol–water partition coefficient (Wildman–Crippen LogP) is 2.09. The van der Waals surface area contributed by atoms with Gasteiger partial charge in [-0.25, -0.2) is 4.79 Å². The summed E-state index contributed by atoms with van der Waals surface area (Å²) in [5, 5.41) is 31.3. The van der Waals surface area contributed by atoms with E-state index in [1.165, 1.54) is 0 Å². The van der Waals surface area contributed by atoms with Crippen LogP contribution in [0.25, 0.3) is 10.9 Å². The number of methoxy groups -OCH3 is 1. The van der Waals surface area contributed by atoms with Crippen molar-refractivity contribution >= 4 is 48.7 Å². The fourth-order valence-corrected chi connectivity index (χ4v) is 6.26.